The first-order chi connectivity index (χ1) is 12.4. The minimum atomic E-state index is -0.833. The molecule has 2 aromatic rings. The number of rotatable bonds is 6. The number of amides is 1. The monoisotopic (exact) mass is 398 g/mol. The van der Waals surface area contributed by atoms with E-state index in [0.717, 1.165) is 0 Å². The van der Waals surface area contributed by atoms with Gasteiger partial charge in [0.1, 0.15) is 6.61 Å². The van der Waals surface area contributed by atoms with Gasteiger partial charge in [-0.25, -0.2) is 0 Å². The zero-order chi connectivity index (χ0) is 18.7. The van der Waals surface area contributed by atoms with Gasteiger partial charge in [-0.05, 0) is 31.4 Å². The van der Waals surface area contributed by atoms with Crippen LogP contribution in [0.5, 0.6) is 5.75 Å². The fourth-order valence-corrected chi connectivity index (χ4v) is 3.35. The van der Waals surface area contributed by atoms with E-state index in [1.165, 1.54) is 6.07 Å². The topological polar surface area (TPSA) is 102 Å². The first-order valence-corrected chi connectivity index (χ1v) is 8.75. The molecule has 0 bridgehead atoms. The van der Waals surface area contributed by atoms with Gasteiger partial charge in [-0.3, -0.25) is 9.59 Å². The van der Waals surface area contributed by atoms with Crippen LogP contribution in [-0.4, -0.2) is 28.2 Å². The summed E-state index contributed by atoms with van der Waals surface area (Å²) in [5, 5.41) is 16.2. The fraction of sp³-hybridized carbons (Fsp3) is 0.353. The van der Waals surface area contributed by atoms with E-state index >= 15 is 0 Å². The van der Waals surface area contributed by atoms with Gasteiger partial charge in [-0.15, -0.1) is 0 Å². The molecule has 0 aliphatic heterocycles. The van der Waals surface area contributed by atoms with E-state index in [9.17, 15) is 9.59 Å². The van der Waals surface area contributed by atoms with Gasteiger partial charge < -0.3 is 19.7 Å². The second kappa shape index (κ2) is 7.97. The molecule has 138 valence electrons. The van der Waals surface area contributed by atoms with E-state index in [0.29, 0.717) is 40.8 Å². The highest BCUT2D eigenvalue weighted by Crippen LogP contribution is 2.33. The molecule has 7 nitrogen and oxygen atoms in total. The van der Waals surface area contributed by atoms with Gasteiger partial charge >= 0.3 is 5.97 Å². The maximum absolute atomic E-state index is 12.2. The standard InChI is InChI=1S/C17H16Cl2N2O5/c18-12-2-1-3-13(19)15(12)25-8-11-7-14(21-26-11)16(22)20-10-5-4-9(6-10)17(23)24/h1-3,7,9-10H,4-6,8H2,(H,20,22)(H,23,24)/t9-,10+/m1/s1. The van der Waals surface area contributed by atoms with Crippen molar-refractivity contribution >= 4 is 35.1 Å². The molecule has 0 radical (unpaired) electrons. The van der Waals surface area contributed by atoms with Crippen LogP contribution < -0.4 is 10.1 Å². The van der Waals surface area contributed by atoms with Crippen LogP contribution >= 0.6 is 23.2 Å². The quantitative estimate of drug-likeness (QED) is 0.771. The molecule has 26 heavy (non-hydrogen) atoms. The van der Waals surface area contributed by atoms with Crippen molar-refractivity contribution in [3.8, 4) is 5.75 Å². The molecule has 1 aliphatic rings. The van der Waals surface area contributed by atoms with Gasteiger partial charge in [0.2, 0.25) is 0 Å². The maximum atomic E-state index is 12.2. The lowest BCUT2D eigenvalue weighted by molar-refractivity contribution is -0.141. The summed E-state index contributed by atoms with van der Waals surface area (Å²) >= 11 is 12.0. The second-order valence-electron chi connectivity index (χ2n) is 6.04. The Hall–Kier alpha value is -2.25. The third-order valence-electron chi connectivity index (χ3n) is 4.19. The summed E-state index contributed by atoms with van der Waals surface area (Å²) in [6, 6.07) is 6.28. The average Bonchev–Trinajstić information content (AvgIpc) is 3.24. The van der Waals surface area contributed by atoms with Gasteiger partial charge in [0.25, 0.3) is 5.91 Å². The molecule has 0 saturated heterocycles. The number of aromatic nitrogens is 1. The lowest BCUT2D eigenvalue weighted by Crippen LogP contribution is -2.33. The maximum Gasteiger partial charge on any atom is 0.306 e. The molecule has 0 unspecified atom stereocenters. The normalized spacial score (nSPS) is 19.3. The summed E-state index contributed by atoms with van der Waals surface area (Å²) in [4.78, 5) is 23.2. The molecule has 2 N–H and O–H groups in total. The minimum Gasteiger partial charge on any atom is -0.482 e. The van der Waals surface area contributed by atoms with Crippen molar-refractivity contribution in [1.82, 2.24) is 10.5 Å². The lowest BCUT2D eigenvalue weighted by Gasteiger charge is -2.10. The second-order valence-corrected chi connectivity index (χ2v) is 6.85. The molecule has 1 aromatic heterocycles. The fourth-order valence-electron chi connectivity index (χ4n) is 2.85. The Morgan fingerprint density at radius 1 is 1.31 bits per heavy atom. The summed E-state index contributed by atoms with van der Waals surface area (Å²) in [6.07, 6.45) is 1.60. The van der Waals surface area contributed by atoms with Gasteiger partial charge in [0, 0.05) is 12.1 Å². The third kappa shape index (κ3) is 4.28. The Morgan fingerprint density at radius 2 is 2.04 bits per heavy atom. The predicted octanol–water partition coefficient (Wildman–Crippen LogP) is 3.54. The van der Waals surface area contributed by atoms with Crippen molar-refractivity contribution in [1.29, 1.82) is 0 Å². The van der Waals surface area contributed by atoms with E-state index in [2.05, 4.69) is 10.5 Å². The predicted molar refractivity (Wildman–Crippen MR) is 93.5 cm³/mol. The van der Waals surface area contributed by atoms with E-state index in [1.54, 1.807) is 18.2 Å². The van der Waals surface area contributed by atoms with Crippen molar-refractivity contribution in [3.63, 3.8) is 0 Å². The summed E-state index contributed by atoms with van der Waals surface area (Å²) in [5.74, 6) is -1.00. The highest BCUT2D eigenvalue weighted by Gasteiger charge is 2.31. The highest BCUT2D eigenvalue weighted by molar-refractivity contribution is 6.37. The van der Waals surface area contributed by atoms with Crippen LogP contribution in [0.25, 0.3) is 0 Å². The Morgan fingerprint density at radius 3 is 2.69 bits per heavy atom. The van der Waals surface area contributed by atoms with Gasteiger partial charge in [-0.1, -0.05) is 34.4 Å². The Bertz CT molecular complexity index is 803. The zero-order valence-corrected chi connectivity index (χ0v) is 15.1. The number of benzene rings is 1. The van der Waals surface area contributed by atoms with Crippen LogP contribution in [0.15, 0.2) is 28.8 Å². The molecule has 1 saturated carbocycles. The minimum absolute atomic E-state index is 0.00818. The van der Waals surface area contributed by atoms with Crippen LogP contribution in [0.4, 0.5) is 0 Å². The number of carboxylic acids is 1. The number of nitrogens with zero attached hydrogens (tertiary/aromatic N) is 1. The molecular formula is C17H16Cl2N2O5. The van der Waals surface area contributed by atoms with Crippen LogP contribution in [0.2, 0.25) is 10.0 Å². The van der Waals surface area contributed by atoms with Crippen LogP contribution in [0.3, 0.4) is 0 Å². The summed E-state index contributed by atoms with van der Waals surface area (Å²) in [7, 11) is 0. The number of halogens is 2. The molecular weight excluding hydrogens is 383 g/mol. The molecule has 1 heterocycles. The van der Waals surface area contributed by atoms with E-state index < -0.39 is 17.8 Å². The highest BCUT2D eigenvalue weighted by atomic mass is 35.5. The summed E-state index contributed by atoms with van der Waals surface area (Å²) < 4.78 is 10.6. The number of para-hydroxylation sites is 1. The number of hydrogen-bond acceptors (Lipinski definition) is 5. The van der Waals surface area contributed by atoms with Gasteiger partial charge in [0.15, 0.2) is 17.2 Å². The molecule has 2 atom stereocenters. The SMILES string of the molecule is O=C(N[C@H]1CC[C@@H](C(=O)O)C1)c1cc(COc2c(Cl)cccc2Cl)on1. The van der Waals surface area contributed by atoms with Gasteiger partial charge in [-0.2, -0.15) is 0 Å². The van der Waals surface area contributed by atoms with Crippen molar-refractivity contribution in [2.45, 2.75) is 31.9 Å². The number of ether oxygens (including phenoxy) is 1. The Balaban J connectivity index is 1.56. The molecule has 1 aliphatic carbocycles. The largest absolute Gasteiger partial charge is 0.482 e. The molecule has 1 fully saturated rings. The van der Waals surface area contributed by atoms with Crippen molar-refractivity contribution in [3.05, 3.63) is 45.8 Å². The molecule has 0 spiro atoms. The first kappa shape index (κ1) is 18.5. The van der Waals surface area contributed by atoms with Crippen LogP contribution in [0, 0.1) is 5.92 Å². The number of hydrogen-bond donors (Lipinski definition) is 2. The lowest BCUT2D eigenvalue weighted by atomic mass is 10.1. The third-order valence-corrected chi connectivity index (χ3v) is 4.78. The van der Waals surface area contributed by atoms with E-state index in [1.807, 2.05) is 0 Å². The summed E-state index contributed by atoms with van der Waals surface area (Å²) in [5.41, 5.74) is 0.104. The van der Waals surface area contributed by atoms with Gasteiger partial charge in [0.05, 0.1) is 16.0 Å². The van der Waals surface area contributed by atoms with Crippen molar-refractivity contribution < 1.29 is 24.0 Å². The molecule has 9 heteroatoms. The van der Waals surface area contributed by atoms with Crippen molar-refractivity contribution in [2.75, 3.05) is 0 Å². The van der Waals surface area contributed by atoms with E-state index in [4.69, 9.17) is 37.6 Å². The summed E-state index contributed by atoms with van der Waals surface area (Å²) in [6.45, 7) is 0.00818. The number of carbonyl (C=O) groups is 2. The number of aliphatic carboxylic acids is 1. The van der Waals surface area contributed by atoms with Crippen LogP contribution in [-0.2, 0) is 11.4 Å². The average molecular weight is 399 g/mol. The first-order valence-electron chi connectivity index (χ1n) is 8.00. The zero-order valence-electron chi connectivity index (χ0n) is 13.6. The molecule has 1 amide bonds. The number of carbonyl (C=O) groups excluding carboxylic acids is 1. The van der Waals surface area contributed by atoms with Crippen LogP contribution in [0.1, 0.15) is 35.5 Å². The van der Waals surface area contributed by atoms with E-state index in [-0.39, 0.29) is 18.3 Å². The molecule has 3 rings (SSSR count). The Labute approximate surface area is 159 Å². The number of nitrogens with one attached hydrogen (secondary N) is 1. The molecule has 1 aromatic carbocycles. The Kier molecular flexibility index (Phi) is 5.68. The van der Waals surface area contributed by atoms with Crippen molar-refractivity contribution in [2.24, 2.45) is 5.92 Å². The smallest absolute Gasteiger partial charge is 0.306 e. The number of carboxylic acid groups (broad SMARTS) is 1.